The molecule has 4 atom stereocenters. The van der Waals surface area contributed by atoms with Gasteiger partial charge in [0.05, 0.1) is 35.8 Å². The lowest BCUT2D eigenvalue weighted by Gasteiger charge is -2.42. The van der Waals surface area contributed by atoms with Crippen molar-refractivity contribution >= 4 is 29.1 Å². The molecule has 1 saturated carbocycles. The Labute approximate surface area is 286 Å². The second-order valence-electron chi connectivity index (χ2n) is 15.4. The van der Waals surface area contributed by atoms with Crippen molar-refractivity contribution in [1.82, 2.24) is 10.2 Å². The van der Waals surface area contributed by atoms with Crippen LogP contribution in [-0.4, -0.2) is 104 Å². The summed E-state index contributed by atoms with van der Waals surface area (Å²) in [4.78, 5) is 47.1. The Bertz CT molecular complexity index is 1280. The molecular weight excluding hydrogens is 616 g/mol. The number of likely N-dealkylation sites (tertiary alicyclic amines) is 1. The van der Waals surface area contributed by atoms with Gasteiger partial charge in [-0.25, -0.2) is 0 Å². The summed E-state index contributed by atoms with van der Waals surface area (Å²) in [5, 5.41) is 14.3. The molecule has 2 aliphatic heterocycles. The van der Waals surface area contributed by atoms with Gasteiger partial charge in [-0.2, -0.15) is 0 Å². The van der Waals surface area contributed by atoms with Crippen molar-refractivity contribution < 1.29 is 38.4 Å². The molecule has 0 aromatic heterocycles. The highest BCUT2D eigenvalue weighted by Crippen LogP contribution is 2.43. The standard InChI is InChI=1S/C36H58N4O8/c1-23(2)17-26(22-46-9)37-31(41)24-18-25(21-38(20-24)34(44)48-35(3,4)5)32(42)40(27-11-12-27)28-13-14-30-29(19-28)39(15-10-16-45-8)33(43)36(6,7)47-30/h13-14,19,23-27,34,44H,10-12,15-18,20-22H2,1-9H3,(H,37,41)/t24-,25+,26?,34?/m0/s1. The summed E-state index contributed by atoms with van der Waals surface area (Å²) in [7, 11) is 3.25. The van der Waals surface area contributed by atoms with E-state index in [-0.39, 0.29) is 42.9 Å². The van der Waals surface area contributed by atoms with Crippen LogP contribution in [0.1, 0.15) is 80.6 Å². The number of ether oxygens (including phenoxy) is 4. The van der Waals surface area contributed by atoms with E-state index in [0.717, 1.165) is 19.3 Å². The van der Waals surface area contributed by atoms with Gasteiger partial charge in [0, 0.05) is 52.2 Å². The van der Waals surface area contributed by atoms with E-state index >= 15 is 0 Å². The van der Waals surface area contributed by atoms with Crippen LogP contribution in [0.25, 0.3) is 0 Å². The van der Waals surface area contributed by atoms with Gasteiger partial charge < -0.3 is 39.2 Å². The fraction of sp³-hybridized carbons (Fsp3) is 0.750. The molecular formula is C36H58N4O8. The molecule has 3 amide bonds. The van der Waals surface area contributed by atoms with E-state index in [0.29, 0.717) is 55.6 Å². The second-order valence-corrected chi connectivity index (χ2v) is 15.4. The summed E-state index contributed by atoms with van der Waals surface area (Å²) in [6.45, 7) is 15.1. The molecule has 1 aliphatic carbocycles. The summed E-state index contributed by atoms with van der Waals surface area (Å²) in [5.74, 6) is -0.624. The van der Waals surface area contributed by atoms with Gasteiger partial charge in [0.25, 0.3) is 5.91 Å². The van der Waals surface area contributed by atoms with E-state index in [2.05, 4.69) is 19.2 Å². The van der Waals surface area contributed by atoms with Crippen LogP contribution in [0.2, 0.25) is 0 Å². The van der Waals surface area contributed by atoms with Crippen LogP contribution in [-0.2, 0) is 28.6 Å². The number of methoxy groups -OCH3 is 2. The van der Waals surface area contributed by atoms with Crippen molar-refractivity contribution in [2.75, 3.05) is 56.9 Å². The van der Waals surface area contributed by atoms with E-state index in [4.69, 9.17) is 18.9 Å². The number of benzene rings is 1. The minimum absolute atomic E-state index is 0.00432. The Hall–Kier alpha value is -2.77. The molecule has 12 nitrogen and oxygen atoms in total. The molecule has 48 heavy (non-hydrogen) atoms. The Balaban J connectivity index is 1.63. The zero-order valence-corrected chi connectivity index (χ0v) is 30.4. The largest absolute Gasteiger partial charge is 0.476 e. The number of aliphatic hydroxyl groups excluding tert-OH is 1. The maximum atomic E-state index is 14.6. The lowest BCUT2D eigenvalue weighted by atomic mass is 9.87. The van der Waals surface area contributed by atoms with Crippen molar-refractivity contribution in [2.24, 2.45) is 17.8 Å². The lowest BCUT2D eigenvalue weighted by Crippen LogP contribution is -2.56. The normalized spacial score (nSPS) is 22.6. The molecule has 3 aliphatic rings. The van der Waals surface area contributed by atoms with E-state index in [9.17, 15) is 19.5 Å². The van der Waals surface area contributed by atoms with Crippen molar-refractivity contribution in [3.05, 3.63) is 18.2 Å². The molecule has 2 unspecified atom stereocenters. The molecule has 0 bridgehead atoms. The number of anilines is 2. The molecule has 2 heterocycles. The fourth-order valence-corrected chi connectivity index (χ4v) is 6.67. The first-order valence-corrected chi connectivity index (χ1v) is 17.4. The van der Waals surface area contributed by atoms with Crippen LogP contribution in [0, 0.1) is 17.8 Å². The number of fused-ring (bicyclic) bond motifs is 1. The van der Waals surface area contributed by atoms with Gasteiger partial charge in [0.15, 0.2) is 5.60 Å². The monoisotopic (exact) mass is 674 g/mol. The fourth-order valence-electron chi connectivity index (χ4n) is 6.67. The number of aliphatic hydroxyl groups is 1. The van der Waals surface area contributed by atoms with Crippen molar-refractivity contribution in [1.29, 1.82) is 0 Å². The van der Waals surface area contributed by atoms with Gasteiger partial charge in [0.2, 0.25) is 18.2 Å². The zero-order chi connectivity index (χ0) is 35.4. The first kappa shape index (κ1) is 38.0. The first-order chi connectivity index (χ1) is 22.5. The van der Waals surface area contributed by atoms with E-state index in [1.807, 2.05) is 43.9 Å². The van der Waals surface area contributed by atoms with Gasteiger partial charge in [-0.1, -0.05) is 13.8 Å². The molecule has 0 spiro atoms. The summed E-state index contributed by atoms with van der Waals surface area (Å²) in [6.07, 6.45) is 2.16. The quantitative estimate of drug-likeness (QED) is 0.210. The average Bonchev–Trinajstić information content (AvgIpc) is 3.83. The lowest BCUT2D eigenvalue weighted by molar-refractivity contribution is -0.247. The van der Waals surface area contributed by atoms with Crippen molar-refractivity contribution in [3.8, 4) is 5.75 Å². The number of nitrogens with one attached hydrogen (secondary N) is 1. The Morgan fingerprint density at radius 1 is 1.12 bits per heavy atom. The SMILES string of the molecule is COCCCN1C(=O)C(C)(C)Oc2ccc(N(C(=O)[C@@H]3C[C@H](C(=O)NC(COC)CC(C)C)CN(C(O)OC(C)(C)C)C3)C3CC3)cc21. The maximum Gasteiger partial charge on any atom is 0.270 e. The van der Waals surface area contributed by atoms with Crippen LogP contribution in [0.5, 0.6) is 5.75 Å². The van der Waals surface area contributed by atoms with E-state index in [1.165, 1.54) is 0 Å². The Kier molecular flexibility index (Phi) is 12.6. The number of hydrogen-bond acceptors (Lipinski definition) is 9. The van der Waals surface area contributed by atoms with Gasteiger partial charge in [-0.15, -0.1) is 0 Å². The molecule has 1 saturated heterocycles. The summed E-state index contributed by atoms with van der Waals surface area (Å²) in [5.41, 5.74) is -0.364. The molecule has 12 heteroatoms. The van der Waals surface area contributed by atoms with Gasteiger partial charge in [0.1, 0.15) is 5.75 Å². The van der Waals surface area contributed by atoms with Crippen LogP contribution in [0.3, 0.4) is 0 Å². The molecule has 270 valence electrons. The third kappa shape index (κ3) is 9.68. The second kappa shape index (κ2) is 15.8. The number of amides is 3. The molecule has 1 aromatic carbocycles. The first-order valence-electron chi connectivity index (χ1n) is 17.4. The minimum Gasteiger partial charge on any atom is -0.476 e. The van der Waals surface area contributed by atoms with Gasteiger partial charge >= 0.3 is 0 Å². The number of rotatable bonds is 15. The van der Waals surface area contributed by atoms with Crippen LogP contribution in [0.4, 0.5) is 11.4 Å². The number of carbonyl (C=O) groups excluding carboxylic acids is 3. The predicted octanol–water partition coefficient (Wildman–Crippen LogP) is 3.93. The van der Waals surface area contributed by atoms with Crippen LogP contribution in [0.15, 0.2) is 18.2 Å². The summed E-state index contributed by atoms with van der Waals surface area (Å²) < 4.78 is 22.7. The Morgan fingerprint density at radius 2 is 1.81 bits per heavy atom. The smallest absolute Gasteiger partial charge is 0.270 e. The van der Waals surface area contributed by atoms with Crippen molar-refractivity contribution in [3.63, 3.8) is 0 Å². The third-order valence-electron chi connectivity index (χ3n) is 8.96. The molecule has 2 fully saturated rings. The van der Waals surface area contributed by atoms with E-state index in [1.54, 1.807) is 37.9 Å². The summed E-state index contributed by atoms with van der Waals surface area (Å²) >= 11 is 0. The summed E-state index contributed by atoms with van der Waals surface area (Å²) in [6, 6.07) is 5.42. The average molecular weight is 675 g/mol. The zero-order valence-electron chi connectivity index (χ0n) is 30.4. The van der Waals surface area contributed by atoms with Crippen molar-refractivity contribution in [2.45, 2.75) is 110 Å². The number of nitrogens with zero attached hydrogens (tertiary/aromatic N) is 3. The third-order valence-corrected chi connectivity index (χ3v) is 8.96. The minimum atomic E-state index is -1.29. The molecule has 2 N–H and O–H groups in total. The topological polar surface area (TPSA) is 130 Å². The van der Waals surface area contributed by atoms with E-state index < -0.39 is 29.5 Å². The highest BCUT2D eigenvalue weighted by atomic mass is 16.6. The Morgan fingerprint density at radius 3 is 2.42 bits per heavy atom. The number of carbonyl (C=O) groups is 3. The number of piperidine rings is 1. The van der Waals surface area contributed by atoms with Crippen LogP contribution < -0.4 is 19.9 Å². The maximum absolute atomic E-state index is 14.6. The number of hydrogen-bond donors (Lipinski definition) is 2. The van der Waals surface area contributed by atoms with Crippen LogP contribution >= 0.6 is 0 Å². The highest BCUT2D eigenvalue weighted by Gasteiger charge is 2.45. The molecule has 0 radical (unpaired) electrons. The molecule has 4 rings (SSSR count). The predicted molar refractivity (Wildman–Crippen MR) is 184 cm³/mol. The molecule has 1 aromatic rings. The highest BCUT2D eigenvalue weighted by molar-refractivity contribution is 6.04. The van der Waals surface area contributed by atoms with Gasteiger partial charge in [-0.3, -0.25) is 19.3 Å². The van der Waals surface area contributed by atoms with Gasteiger partial charge in [-0.05, 0) is 90.8 Å².